The van der Waals surface area contributed by atoms with Gasteiger partial charge in [-0.2, -0.15) is 0 Å². The number of aliphatic hydroxyl groups is 1. The fourth-order valence-electron chi connectivity index (χ4n) is 7.57. The van der Waals surface area contributed by atoms with E-state index in [1.807, 2.05) is 0 Å². The largest absolute Gasteiger partial charge is 0.393 e. The summed E-state index contributed by atoms with van der Waals surface area (Å²) in [7, 11) is 0. The summed E-state index contributed by atoms with van der Waals surface area (Å²) >= 11 is 0. The van der Waals surface area contributed by atoms with Crippen LogP contribution in [0.5, 0.6) is 0 Å². The highest BCUT2D eigenvalue weighted by Gasteiger charge is 2.58. The molecule has 5 aliphatic rings. The van der Waals surface area contributed by atoms with Gasteiger partial charge in [-0.3, -0.25) is 9.59 Å². The van der Waals surface area contributed by atoms with Crippen LogP contribution in [0, 0.1) is 28.6 Å². The van der Waals surface area contributed by atoms with E-state index in [-0.39, 0.29) is 29.8 Å². The molecule has 3 saturated carbocycles. The van der Waals surface area contributed by atoms with Crippen LogP contribution in [0.4, 0.5) is 0 Å². The van der Waals surface area contributed by atoms with Crippen molar-refractivity contribution < 1.29 is 29.2 Å². The molecule has 180 valence electrons. The van der Waals surface area contributed by atoms with Gasteiger partial charge < -0.3 is 14.8 Å². The first-order valence-electron chi connectivity index (χ1n) is 12.4. The molecule has 5 rings (SSSR count). The van der Waals surface area contributed by atoms with Gasteiger partial charge in [0.25, 0.3) is 11.8 Å². The molecule has 0 aromatic rings. The van der Waals surface area contributed by atoms with Crippen molar-refractivity contribution >= 4 is 23.5 Å². The molecule has 6 atom stereocenters. The Morgan fingerprint density at radius 3 is 2.58 bits per heavy atom. The number of carbonyl (C=O) groups is 3. The lowest BCUT2D eigenvalue weighted by atomic mass is 9.47. The van der Waals surface area contributed by atoms with Crippen molar-refractivity contribution in [3.63, 3.8) is 0 Å². The van der Waals surface area contributed by atoms with Crippen LogP contribution in [0.2, 0.25) is 0 Å². The fraction of sp³-hybridized carbons (Fsp3) is 0.760. The number of hydrogen-bond acceptors (Lipinski definition) is 7. The lowest BCUT2D eigenvalue weighted by Crippen LogP contribution is -2.51. The first-order chi connectivity index (χ1) is 15.7. The highest BCUT2D eigenvalue weighted by atomic mass is 16.7. The van der Waals surface area contributed by atoms with E-state index in [2.05, 4.69) is 25.1 Å². The third-order valence-electron chi connectivity index (χ3n) is 9.49. The molecule has 0 spiro atoms. The molecule has 4 fully saturated rings. The van der Waals surface area contributed by atoms with E-state index in [1.54, 1.807) is 0 Å². The van der Waals surface area contributed by atoms with Gasteiger partial charge in [-0.1, -0.05) is 24.6 Å². The molecule has 33 heavy (non-hydrogen) atoms. The molecular weight excluding hydrogens is 424 g/mol. The SMILES string of the molecule is C[C@]12CC[C@H]3[C@@H](CCC4=C/C(=N/OCC(=O)ON5C(=O)CCC5=O)CC[C@@]43C)[C@@H]1CC[C@@H]2O. The normalized spacial score (nSPS) is 41.4. The number of aliphatic hydroxyl groups excluding tert-OH is 1. The molecule has 0 aromatic heterocycles. The third-order valence-corrected chi connectivity index (χ3v) is 9.49. The van der Waals surface area contributed by atoms with Crippen LogP contribution in [0.15, 0.2) is 16.8 Å². The molecule has 0 unspecified atom stereocenters. The van der Waals surface area contributed by atoms with Crippen LogP contribution in [-0.4, -0.2) is 46.4 Å². The fourth-order valence-corrected chi connectivity index (χ4v) is 7.57. The van der Waals surface area contributed by atoms with Crippen molar-refractivity contribution in [1.82, 2.24) is 5.06 Å². The number of oxime groups is 1. The van der Waals surface area contributed by atoms with E-state index in [0.717, 1.165) is 50.7 Å². The second-order valence-corrected chi connectivity index (χ2v) is 11.0. The van der Waals surface area contributed by atoms with Crippen molar-refractivity contribution in [2.24, 2.45) is 33.7 Å². The zero-order chi connectivity index (χ0) is 23.4. The monoisotopic (exact) mass is 458 g/mol. The lowest BCUT2D eigenvalue weighted by molar-refractivity contribution is -0.200. The Balaban J connectivity index is 1.22. The Kier molecular flexibility index (Phi) is 5.62. The number of fused-ring (bicyclic) bond motifs is 5. The minimum atomic E-state index is -0.819. The number of amides is 2. The minimum Gasteiger partial charge on any atom is -0.393 e. The van der Waals surface area contributed by atoms with Crippen molar-refractivity contribution in [2.45, 2.75) is 84.2 Å². The van der Waals surface area contributed by atoms with Crippen molar-refractivity contribution in [3.8, 4) is 0 Å². The third kappa shape index (κ3) is 3.70. The van der Waals surface area contributed by atoms with Crippen molar-refractivity contribution in [3.05, 3.63) is 11.6 Å². The number of hydroxylamine groups is 2. The lowest BCUT2D eigenvalue weighted by Gasteiger charge is -2.57. The number of allylic oxidation sites excluding steroid dienone is 2. The van der Waals surface area contributed by atoms with Gasteiger partial charge in [0.2, 0.25) is 6.61 Å². The average molecular weight is 459 g/mol. The van der Waals surface area contributed by atoms with E-state index in [9.17, 15) is 19.5 Å². The molecule has 1 saturated heterocycles. The Bertz CT molecular complexity index is 912. The van der Waals surface area contributed by atoms with Gasteiger partial charge in [-0.15, -0.1) is 5.06 Å². The van der Waals surface area contributed by atoms with E-state index in [0.29, 0.717) is 22.8 Å². The summed E-state index contributed by atoms with van der Waals surface area (Å²) in [6, 6.07) is 0. The van der Waals surface area contributed by atoms with Gasteiger partial charge in [0.05, 0.1) is 11.8 Å². The molecule has 1 heterocycles. The molecular formula is C25H34N2O6. The maximum Gasteiger partial charge on any atom is 0.373 e. The second kappa shape index (κ2) is 8.22. The highest BCUT2D eigenvalue weighted by Crippen LogP contribution is 2.65. The number of carbonyl (C=O) groups excluding carboxylic acids is 3. The first kappa shape index (κ1) is 22.6. The quantitative estimate of drug-likeness (QED) is 0.512. The molecule has 1 N–H and O–H groups in total. The average Bonchev–Trinajstić information content (AvgIpc) is 3.26. The van der Waals surface area contributed by atoms with Crippen molar-refractivity contribution in [2.75, 3.05) is 6.61 Å². The van der Waals surface area contributed by atoms with Crippen LogP contribution in [0.25, 0.3) is 0 Å². The molecule has 2 amide bonds. The Morgan fingerprint density at radius 1 is 1.06 bits per heavy atom. The standard InChI is InChI=1S/C25H34N2O6/c1-24-11-9-16(26-32-14-23(31)33-27-21(29)7-8-22(27)30)13-15(24)3-4-17-18-5-6-20(28)25(18,2)12-10-19(17)24/h13,17-20,28H,3-12,14H2,1-2H3/b26-16+/t17-,18-,19-,20-,24-,25-/m0/s1. The topological polar surface area (TPSA) is 106 Å². The predicted molar refractivity (Wildman–Crippen MR) is 118 cm³/mol. The van der Waals surface area contributed by atoms with E-state index >= 15 is 0 Å². The Morgan fingerprint density at radius 2 is 1.82 bits per heavy atom. The Hall–Kier alpha value is -2.22. The maximum atomic E-state index is 11.9. The molecule has 0 bridgehead atoms. The summed E-state index contributed by atoms with van der Waals surface area (Å²) < 4.78 is 0. The molecule has 0 aromatic carbocycles. The van der Waals surface area contributed by atoms with Gasteiger partial charge in [0.15, 0.2) is 0 Å². The second-order valence-electron chi connectivity index (χ2n) is 11.0. The summed E-state index contributed by atoms with van der Waals surface area (Å²) in [5, 5.41) is 15.3. The van der Waals surface area contributed by atoms with Gasteiger partial charge >= 0.3 is 5.97 Å². The van der Waals surface area contributed by atoms with E-state index in [1.165, 1.54) is 12.0 Å². The number of hydrogen-bond donors (Lipinski definition) is 1. The number of imide groups is 1. The Labute approximate surface area is 194 Å². The molecule has 0 radical (unpaired) electrons. The summed E-state index contributed by atoms with van der Waals surface area (Å²) in [5.41, 5.74) is 2.49. The zero-order valence-corrected chi connectivity index (χ0v) is 19.5. The van der Waals surface area contributed by atoms with Crippen LogP contribution in [0.1, 0.15) is 78.1 Å². The number of rotatable bonds is 4. The van der Waals surface area contributed by atoms with Crippen LogP contribution >= 0.6 is 0 Å². The highest BCUT2D eigenvalue weighted by molar-refractivity contribution is 6.01. The minimum absolute atomic E-state index is 0.0596. The van der Waals surface area contributed by atoms with Gasteiger partial charge in [0.1, 0.15) is 0 Å². The summed E-state index contributed by atoms with van der Waals surface area (Å²) in [6.45, 7) is 4.26. The van der Waals surface area contributed by atoms with Crippen LogP contribution in [-0.2, 0) is 24.1 Å². The molecule has 4 aliphatic carbocycles. The van der Waals surface area contributed by atoms with Gasteiger partial charge in [-0.05, 0) is 86.0 Å². The van der Waals surface area contributed by atoms with E-state index in [4.69, 9.17) is 9.68 Å². The summed E-state index contributed by atoms with van der Waals surface area (Å²) in [4.78, 5) is 45.0. The maximum absolute atomic E-state index is 11.9. The smallest absolute Gasteiger partial charge is 0.373 e. The van der Waals surface area contributed by atoms with Gasteiger partial charge in [-0.25, -0.2) is 4.79 Å². The van der Waals surface area contributed by atoms with Gasteiger partial charge in [0, 0.05) is 12.8 Å². The van der Waals surface area contributed by atoms with Crippen LogP contribution < -0.4 is 0 Å². The predicted octanol–water partition coefficient (Wildman–Crippen LogP) is 3.29. The first-order valence-corrected chi connectivity index (χ1v) is 12.4. The molecule has 8 nitrogen and oxygen atoms in total. The zero-order valence-electron chi connectivity index (χ0n) is 19.5. The van der Waals surface area contributed by atoms with Crippen molar-refractivity contribution in [1.29, 1.82) is 0 Å². The molecule has 1 aliphatic heterocycles. The summed E-state index contributed by atoms with van der Waals surface area (Å²) in [6.07, 6.45) is 10.5. The molecule has 8 heteroatoms. The summed E-state index contributed by atoms with van der Waals surface area (Å²) in [5.74, 6) is 0.116. The van der Waals surface area contributed by atoms with Crippen LogP contribution in [0.3, 0.4) is 0 Å². The number of nitrogens with zero attached hydrogens (tertiary/aromatic N) is 2. The van der Waals surface area contributed by atoms with E-state index < -0.39 is 24.4 Å².